The quantitative estimate of drug-likeness (QED) is 0.474. The second-order valence-corrected chi connectivity index (χ2v) is 7.41. The van der Waals surface area contributed by atoms with Crippen LogP contribution in [0.2, 0.25) is 0 Å². The predicted octanol–water partition coefficient (Wildman–Crippen LogP) is 6.77. The van der Waals surface area contributed by atoms with E-state index >= 15 is 0 Å². The van der Waals surface area contributed by atoms with Crippen molar-refractivity contribution in [2.75, 3.05) is 0 Å². The lowest BCUT2D eigenvalue weighted by molar-refractivity contribution is 1.05. The average molecular weight is 417 g/mol. The van der Waals surface area contributed by atoms with Gasteiger partial charge in [-0.2, -0.15) is 0 Å². The lowest BCUT2D eigenvalue weighted by Gasteiger charge is -2.21. The monoisotopic (exact) mass is 414 g/mol. The van der Waals surface area contributed by atoms with Gasteiger partial charge in [-0.3, -0.25) is 0 Å². The van der Waals surface area contributed by atoms with Crippen molar-refractivity contribution in [3.63, 3.8) is 0 Å². The Kier molecular flexibility index (Phi) is 4.99. The molecule has 0 spiro atoms. The Hall–Kier alpha value is -0.310. The summed E-state index contributed by atoms with van der Waals surface area (Å²) in [5.74, 6) is 0. The molecule has 0 nitrogen and oxygen atoms in total. The van der Waals surface area contributed by atoms with Crippen LogP contribution in [0.4, 0.5) is 0 Å². The Bertz CT molecular complexity index is 636. The van der Waals surface area contributed by atoms with Crippen LogP contribution in [0.1, 0.15) is 38.8 Å². The highest BCUT2D eigenvalue weighted by Gasteiger charge is 2.20. The van der Waals surface area contributed by atoms with Crippen LogP contribution in [0.25, 0.3) is 0 Å². The largest absolute Gasteiger partial charge is 0.113 e. The number of alkyl halides is 1. The Labute approximate surface area is 142 Å². The lowest BCUT2D eigenvalue weighted by Crippen LogP contribution is -2.04. The topological polar surface area (TPSA) is 0 Å². The van der Waals surface area contributed by atoms with E-state index in [-0.39, 0.29) is 5.38 Å². The Morgan fingerprint density at radius 2 is 1.45 bits per heavy atom. The highest BCUT2D eigenvalue weighted by atomic mass is 79.9. The van der Waals surface area contributed by atoms with Gasteiger partial charge in [-0.15, -0.1) is 11.6 Å². The van der Waals surface area contributed by atoms with Crippen LogP contribution in [0.3, 0.4) is 0 Å². The van der Waals surface area contributed by atoms with Gasteiger partial charge in [0.1, 0.15) is 0 Å². The molecule has 0 N–H and O–H groups in total. The zero-order valence-corrected chi connectivity index (χ0v) is 15.9. The molecule has 1 atom stereocenters. The van der Waals surface area contributed by atoms with E-state index in [9.17, 15) is 0 Å². The highest BCUT2D eigenvalue weighted by Crippen LogP contribution is 2.39. The number of benzene rings is 2. The first-order valence-electron chi connectivity index (χ1n) is 6.49. The molecule has 0 aliphatic heterocycles. The van der Waals surface area contributed by atoms with Gasteiger partial charge in [0.25, 0.3) is 0 Å². The smallest absolute Gasteiger partial charge is 0.0851 e. The van der Waals surface area contributed by atoms with E-state index in [1.807, 2.05) is 12.1 Å². The summed E-state index contributed by atoms with van der Waals surface area (Å²) in [6, 6.07) is 8.37. The predicted molar refractivity (Wildman–Crippen MR) is 94.9 cm³/mol. The number of halogens is 3. The second-order valence-electron chi connectivity index (χ2n) is 5.20. The van der Waals surface area contributed by atoms with Gasteiger partial charge in [-0.05, 0) is 73.2 Å². The van der Waals surface area contributed by atoms with Crippen LogP contribution >= 0.6 is 43.5 Å². The van der Waals surface area contributed by atoms with E-state index in [1.54, 1.807) is 0 Å². The standard InChI is InChI=1S/C17H17Br2Cl/c1-9-7-10(2)12(4)16(11(9)3)17(20)14-6-5-13(18)8-15(14)19/h5-8,17H,1-4H3. The van der Waals surface area contributed by atoms with Crippen LogP contribution in [0.5, 0.6) is 0 Å². The summed E-state index contributed by atoms with van der Waals surface area (Å²) in [5.41, 5.74) is 7.48. The number of aryl methyl sites for hydroxylation is 2. The molecular weight excluding hydrogens is 399 g/mol. The summed E-state index contributed by atoms with van der Waals surface area (Å²) in [6.07, 6.45) is 0. The minimum atomic E-state index is -0.143. The van der Waals surface area contributed by atoms with Crippen molar-refractivity contribution in [2.24, 2.45) is 0 Å². The van der Waals surface area contributed by atoms with Crippen molar-refractivity contribution in [3.8, 4) is 0 Å². The van der Waals surface area contributed by atoms with Gasteiger partial charge in [0.2, 0.25) is 0 Å². The fourth-order valence-corrected chi connectivity index (χ4v) is 4.42. The number of rotatable bonds is 2. The van der Waals surface area contributed by atoms with Crippen molar-refractivity contribution < 1.29 is 0 Å². The van der Waals surface area contributed by atoms with Gasteiger partial charge < -0.3 is 0 Å². The summed E-state index contributed by atoms with van der Waals surface area (Å²) < 4.78 is 2.08. The van der Waals surface area contributed by atoms with E-state index in [4.69, 9.17) is 11.6 Å². The summed E-state index contributed by atoms with van der Waals surface area (Å²) >= 11 is 13.9. The Balaban J connectivity index is 2.62. The van der Waals surface area contributed by atoms with Crippen molar-refractivity contribution in [1.29, 1.82) is 0 Å². The summed E-state index contributed by atoms with van der Waals surface area (Å²) in [7, 11) is 0. The SMILES string of the molecule is Cc1cc(C)c(C)c(C(Cl)c2ccc(Br)cc2Br)c1C. The third-order valence-corrected chi connectivity index (χ3v) is 5.55. The normalized spacial score (nSPS) is 12.6. The molecule has 0 saturated heterocycles. The van der Waals surface area contributed by atoms with Gasteiger partial charge in [0.15, 0.2) is 0 Å². The van der Waals surface area contributed by atoms with Crippen LogP contribution < -0.4 is 0 Å². The zero-order valence-electron chi connectivity index (χ0n) is 12.0. The van der Waals surface area contributed by atoms with Crippen molar-refractivity contribution in [1.82, 2.24) is 0 Å². The molecule has 2 rings (SSSR count). The molecule has 3 heteroatoms. The van der Waals surface area contributed by atoms with E-state index < -0.39 is 0 Å². The van der Waals surface area contributed by atoms with Crippen molar-refractivity contribution in [2.45, 2.75) is 33.1 Å². The maximum absolute atomic E-state index is 6.80. The molecule has 0 amide bonds. The highest BCUT2D eigenvalue weighted by molar-refractivity contribution is 9.11. The average Bonchev–Trinajstić information content (AvgIpc) is 2.36. The van der Waals surface area contributed by atoms with Gasteiger partial charge >= 0.3 is 0 Å². The van der Waals surface area contributed by atoms with Gasteiger partial charge in [-0.25, -0.2) is 0 Å². The van der Waals surface area contributed by atoms with Gasteiger partial charge in [-0.1, -0.05) is 44.0 Å². The third-order valence-electron chi connectivity index (χ3n) is 3.91. The number of hydrogen-bond acceptors (Lipinski definition) is 0. The molecule has 0 heterocycles. The van der Waals surface area contributed by atoms with Crippen LogP contribution in [-0.2, 0) is 0 Å². The first-order valence-corrected chi connectivity index (χ1v) is 8.51. The second kappa shape index (κ2) is 6.21. The van der Waals surface area contributed by atoms with Crippen LogP contribution in [0, 0.1) is 27.7 Å². The summed E-state index contributed by atoms with van der Waals surface area (Å²) in [5, 5.41) is -0.143. The molecule has 0 aliphatic carbocycles. The fourth-order valence-electron chi connectivity index (χ4n) is 2.49. The van der Waals surface area contributed by atoms with E-state index in [1.165, 1.54) is 27.8 Å². The minimum Gasteiger partial charge on any atom is -0.113 e. The molecule has 0 radical (unpaired) electrons. The van der Waals surface area contributed by atoms with E-state index in [0.29, 0.717) is 0 Å². The third kappa shape index (κ3) is 2.98. The number of hydrogen-bond donors (Lipinski definition) is 0. The molecule has 1 unspecified atom stereocenters. The van der Waals surface area contributed by atoms with Gasteiger partial charge in [0, 0.05) is 8.95 Å². The molecule has 0 saturated carbocycles. The molecule has 0 bridgehead atoms. The molecule has 0 aromatic heterocycles. The van der Waals surface area contributed by atoms with E-state index in [2.05, 4.69) is 71.7 Å². The zero-order chi connectivity index (χ0) is 15.0. The van der Waals surface area contributed by atoms with Crippen LogP contribution in [0.15, 0.2) is 33.2 Å². The lowest BCUT2D eigenvalue weighted by atomic mass is 9.90. The fraction of sp³-hybridized carbons (Fsp3) is 0.294. The molecule has 2 aromatic carbocycles. The minimum absolute atomic E-state index is 0.143. The Morgan fingerprint density at radius 1 is 0.900 bits per heavy atom. The molecule has 106 valence electrons. The van der Waals surface area contributed by atoms with Crippen molar-refractivity contribution in [3.05, 3.63) is 66.6 Å². The maximum Gasteiger partial charge on any atom is 0.0851 e. The summed E-state index contributed by atoms with van der Waals surface area (Å²) in [6.45, 7) is 8.59. The van der Waals surface area contributed by atoms with Crippen LogP contribution in [-0.4, -0.2) is 0 Å². The molecular formula is C17H17Br2Cl. The summed E-state index contributed by atoms with van der Waals surface area (Å²) in [4.78, 5) is 0. The van der Waals surface area contributed by atoms with Gasteiger partial charge in [0.05, 0.1) is 5.38 Å². The maximum atomic E-state index is 6.80. The first kappa shape index (κ1) is 16.1. The molecule has 20 heavy (non-hydrogen) atoms. The molecule has 2 aromatic rings. The Morgan fingerprint density at radius 3 is 1.95 bits per heavy atom. The first-order chi connectivity index (χ1) is 9.32. The van der Waals surface area contributed by atoms with E-state index in [0.717, 1.165) is 14.5 Å². The van der Waals surface area contributed by atoms with Crippen molar-refractivity contribution >= 4 is 43.5 Å². The molecule has 0 aliphatic rings. The molecule has 0 fully saturated rings.